The quantitative estimate of drug-likeness (QED) is 0.261. The van der Waals surface area contributed by atoms with E-state index in [1.165, 1.54) is 60.5 Å². The highest BCUT2D eigenvalue weighted by atomic mass is 15.0. The summed E-state index contributed by atoms with van der Waals surface area (Å²) >= 11 is 0. The average Bonchev–Trinajstić information content (AvgIpc) is 3.29. The van der Waals surface area contributed by atoms with Crippen LogP contribution >= 0.6 is 0 Å². The molecule has 0 amide bonds. The van der Waals surface area contributed by atoms with E-state index in [0.29, 0.717) is 0 Å². The molecular weight excluding hydrogens is 460 g/mol. The molecule has 1 aromatic heterocycles. The van der Waals surface area contributed by atoms with Gasteiger partial charge in [0.25, 0.3) is 0 Å². The van der Waals surface area contributed by atoms with E-state index in [2.05, 4.69) is 151 Å². The van der Waals surface area contributed by atoms with Gasteiger partial charge in [-0.2, -0.15) is 0 Å². The molecule has 0 spiro atoms. The summed E-state index contributed by atoms with van der Waals surface area (Å²) in [4.78, 5) is 0. The zero-order chi connectivity index (χ0) is 25.6. The van der Waals surface area contributed by atoms with Gasteiger partial charge >= 0.3 is 0 Å². The predicted molar refractivity (Wildman–Crippen MR) is 163 cm³/mol. The van der Waals surface area contributed by atoms with Crippen molar-refractivity contribution in [2.75, 3.05) is 5.32 Å². The highest BCUT2D eigenvalue weighted by molar-refractivity contribution is 6.10. The van der Waals surface area contributed by atoms with Gasteiger partial charge in [-0.25, -0.2) is 0 Å². The van der Waals surface area contributed by atoms with Gasteiger partial charge in [-0.05, 0) is 101 Å². The van der Waals surface area contributed by atoms with Gasteiger partial charge in [-0.3, -0.25) is 0 Å². The van der Waals surface area contributed by atoms with Gasteiger partial charge in [0.1, 0.15) is 0 Å². The van der Waals surface area contributed by atoms with Crippen LogP contribution in [0.5, 0.6) is 0 Å². The van der Waals surface area contributed by atoms with Crippen LogP contribution in [-0.4, -0.2) is 4.57 Å². The lowest BCUT2D eigenvalue weighted by Crippen LogP contribution is -1.96. The second-order valence-electron chi connectivity index (χ2n) is 10.1. The molecule has 7 aromatic rings. The van der Waals surface area contributed by atoms with Crippen molar-refractivity contribution in [2.45, 2.75) is 13.8 Å². The number of hydrogen-bond acceptors (Lipinski definition) is 1. The van der Waals surface area contributed by atoms with Gasteiger partial charge in [-0.1, -0.05) is 72.8 Å². The maximum atomic E-state index is 3.72. The molecule has 0 saturated carbocycles. The van der Waals surface area contributed by atoms with Crippen LogP contribution in [0.2, 0.25) is 0 Å². The first-order valence-electron chi connectivity index (χ1n) is 13.1. The summed E-state index contributed by atoms with van der Waals surface area (Å²) in [7, 11) is 0. The summed E-state index contributed by atoms with van der Waals surface area (Å²) in [5.41, 5.74) is 10.9. The van der Waals surface area contributed by atoms with Crippen LogP contribution < -0.4 is 5.32 Å². The molecule has 1 N–H and O–H groups in total. The van der Waals surface area contributed by atoms with E-state index in [-0.39, 0.29) is 0 Å². The number of nitrogens with one attached hydrogen (secondary N) is 1. The normalized spacial score (nSPS) is 11.4. The Morgan fingerprint density at radius 1 is 0.526 bits per heavy atom. The number of aromatic nitrogens is 1. The number of fused-ring (bicyclic) bond motifs is 4. The van der Waals surface area contributed by atoms with Crippen molar-refractivity contribution < 1.29 is 0 Å². The zero-order valence-corrected chi connectivity index (χ0v) is 21.6. The van der Waals surface area contributed by atoms with Crippen molar-refractivity contribution in [1.29, 1.82) is 0 Å². The second kappa shape index (κ2) is 8.93. The Kier molecular flexibility index (Phi) is 5.26. The van der Waals surface area contributed by atoms with Crippen molar-refractivity contribution in [1.82, 2.24) is 4.57 Å². The van der Waals surface area contributed by atoms with Gasteiger partial charge in [0.05, 0.1) is 11.0 Å². The molecule has 1 heterocycles. The van der Waals surface area contributed by atoms with Crippen LogP contribution in [0.15, 0.2) is 127 Å². The van der Waals surface area contributed by atoms with Crippen LogP contribution in [0.25, 0.3) is 49.4 Å². The first-order chi connectivity index (χ1) is 18.7. The van der Waals surface area contributed by atoms with E-state index in [4.69, 9.17) is 0 Å². The number of aryl methyl sites for hydroxylation is 2. The third kappa shape index (κ3) is 3.74. The van der Waals surface area contributed by atoms with Gasteiger partial charge in [0.15, 0.2) is 0 Å². The maximum absolute atomic E-state index is 3.72. The fraction of sp³-hybridized carbons (Fsp3) is 0.0556. The van der Waals surface area contributed by atoms with E-state index < -0.39 is 0 Å². The SMILES string of the molecule is Cc1cc(-c2ccc3ccccc3c2)c(C)cc1Nc1ccc2c(c1)c1ccccc1n2-c1ccccc1. The minimum Gasteiger partial charge on any atom is -0.355 e. The molecule has 6 aromatic carbocycles. The Bertz CT molecular complexity index is 1960. The standard InChI is InChI=1S/C36H28N2/c1-24-21-34(25(2)20-32(24)28-17-16-26-10-6-7-11-27(26)22-28)37-29-18-19-36-33(23-29)31-14-8-9-15-35(31)38(36)30-12-4-3-5-13-30/h3-23,37H,1-2H3. The number of para-hydroxylation sites is 2. The molecule has 0 unspecified atom stereocenters. The number of rotatable bonds is 4. The van der Waals surface area contributed by atoms with E-state index in [9.17, 15) is 0 Å². The van der Waals surface area contributed by atoms with E-state index in [1.807, 2.05) is 0 Å². The monoisotopic (exact) mass is 488 g/mol. The topological polar surface area (TPSA) is 17.0 Å². The fourth-order valence-electron chi connectivity index (χ4n) is 5.68. The largest absolute Gasteiger partial charge is 0.355 e. The molecule has 0 saturated heterocycles. The minimum atomic E-state index is 1.09. The van der Waals surface area contributed by atoms with E-state index >= 15 is 0 Å². The molecule has 2 heteroatoms. The lowest BCUT2D eigenvalue weighted by atomic mass is 9.95. The van der Waals surface area contributed by atoms with Gasteiger partial charge in [0.2, 0.25) is 0 Å². The van der Waals surface area contributed by atoms with Crippen LogP contribution in [-0.2, 0) is 0 Å². The number of anilines is 2. The molecule has 0 radical (unpaired) electrons. The fourth-order valence-corrected chi connectivity index (χ4v) is 5.68. The summed E-state index contributed by atoms with van der Waals surface area (Å²) in [6, 6.07) is 45.8. The number of benzene rings is 6. The minimum absolute atomic E-state index is 1.09. The van der Waals surface area contributed by atoms with Crippen LogP contribution in [0.1, 0.15) is 11.1 Å². The predicted octanol–water partition coefficient (Wildman–Crippen LogP) is 9.96. The van der Waals surface area contributed by atoms with Crippen LogP contribution in [0, 0.1) is 13.8 Å². The first kappa shape index (κ1) is 22.4. The molecule has 0 atom stereocenters. The molecule has 38 heavy (non-hydrogen) atoms. The number of nitrogens with zero attached hydrogens (tertiary/aromatic N) is 1. The lowest BCUT2D eigenvalue weighted by Gasteiger charge is -2.15. The van der Waals surface area contributed by atoms with Gasteiger partial charge in [0, 0.05) is 27.8 Å². The van der Waals surface area contributed by atoms with Crippen LogP contribution in [0.3, 0.4) is 0 Å². The Morgan fingerprint density at radius 3 is 2.13 bits per heavy atom. The molecule has 7 rings (SSSR count). The summed E-state index contributed by atoms with van der Waals surface area (Å²) < 4.78 is 2.35. The third-order valence-corrected chi connectivity index (χ3v) is 7.60. The molecule has 0 aliphatic heterocycles. The van der Waals surface area contributed by atoms with Crippen molar-refractivity contribution in [2.24, 2.45) is 0 Å². The van der Waals surface area contributed by atoms with Crippen molar-refractivity contribution >= 4 is 44.0 Å². The Hall–Kier alpha value is -4.82. The van der Waals surface area contributed by atoms with Crippen molar-refractivity contribution in [3.8, 4) is 16.8 Å². The average molecular weight is 489 g/mol. The maximum Gasteiger partial charge on any atom is 0.0542 e. The Labute approximate surface area is 222 Å². The molecule has 2 nitrogen and oxygen atoms in total. The smallest absolute Gasteiger partial charge is 0.0542 e. The van der Waals surface area contributed by atoms with Gasteiger partial charge in [-0.15, -0.1) is 0 Å². The first-order valence-corrected chi connectivity index (χ1v) is 13.1. The Morgan fingerprint density at radius 2 is 1.26 bits per heavy atom. The Balaban J connectivity index is 1.28. The highest BCUT2D eigenvalue weighted by Gasteiger charge is 2.13. The van der Waals surface area contributed by atoms with Crippen molar-refractivity contribution in [3.05, 3.63) is 139 Å². The number of hydrogen-bond donors (Lipinski definition) is 1. The van der Waals surface area contributed by atoms with E-state index in [1.54, 1.807) is 0 Å². The molecule has 0 fully saturated rings. The molecule has 0 bridgehead atoms. The lowest BCUT2D eigenvalue weighted by molar-refractivity contribution is 1.18. The highest BCUT2D eigenvalue weighted by Crippen LogP contribution is 2.36. The summed E-state index contributed by atoms with van der Waals surface area (Å²) in [6.45, 7) is 4.39. The summed E-state index contributed by atoms with van der Waals surface area (Å²) in [6.07, 6.45) is 0. The summed E-state index contributed by atoms with van der Waals surface area (Å²) in [5, 5.41) is 8.77. The second-order valence-corrected chi connectivity index (χ2v) is 10.1. The van der Waals surface area contributed by atoms with E-state index in [0.717, 1.165) is 11.4 Å². The molecular formula is C36H28N2. The van der Waals surface area contributed by atoms with Crippen molar-refractivity contribution in [3.63, 3.8) is 0 Å². The van der Waals surface area contributed by atoms with Crippen LogP contribution in [0.4, 0.5) is 11.4 Å². The third-order valence-electron chi connectivity index (χ3n) is 7.60. The molecule has 0 aliphatic rings. The molecule has 0 aliphatic carbocycles. The van der Waals surface area contributed by atoms with Gasteiger partial charge < -0.3 is 9.88 Å². The summed E-state index contributed by atoms with van der Waals surface area (Å²) in [5.74, 6) is 0. The zero-order valence-electron chi connectivity index (χ0n) is 21.6. The molecule has 182 valence electrons.